The van der Waals surface area contributed by atoms with Gasteiger partial charge in [0.05, 0.1) is 0 Å². The number of likely N-dealkylation sites (tertiary alicyclic amines) is 1. The Labute approximate surface area is 239 Å². The number of alkyl halides is 3. The molecule has 0 aliphatic carbocycles. The molecule has 2 saturated heterocycles. The van der Waals surface area contributed by atoms with Gasteiger partial charge in [0.2, 0.25) is 0 Å². The molecule has 0 saturated carbocycles. The van der Waals surface area contributed by atoms with Crippen LogP contribution in [-0.4, -0.2) is 54.4 Å². The van der Waals surface area contributed by atoms with Crippen LogP contribution >= 0.6 is 0 Å². The number of carbonyl (C=O) groups is 1. The molecule has 6 nitrogen and oxygen atoms in total. The number of amides is 1. The third-order valence-corrected chi connectivity index (χ3v) is 8.22. The number of hydrogen-bond acceptors (Lipinski definition) is 5. The molecule has 3 heterocycles. The molecule has 218 valence electrons. The van der Waals surface area contributed by atoms with Gasteiger partial charge in [0, 0.05) is 50.5 Å². The van der Waals surface area contributed by atoms with Crippen molar-refractivity contribution in [2.24, 2.45) is 5.92 Å². The molecule has 2 fully saturated rings. The first kappa shape index (κ1) is 28.9. The van der Waals surface area contributed by atoms with E-state index in [9.17, 15) is 18.0 Å². The fourth-order valence-electron chi connectivity index (χ4n) is 5.72. The maximum Gasteiger partial charge on any atom is 0.573 e. The van der Waals surface area contributed by atoms with Crippen LogP contribution in [0.1, 0.15) is 54.1 Å². The first-order chi connectivity index (χ1) is 19.6. The average molecular weight is 567 g/mol. The van der Waals surface area contributed by atoms with Crippen LogP contribution in [0.15, 0.2) is 60.8 Å². The second kappa shape index (κ2) is 12.5. The SMILES string of the molecule is Cc1c(C(=O)NC2CCN(Cc3ccc(N4CCC(C)CC4)nc3)CC2)cccc1-c1ccc(OC(F)(F)F)cc1. The van der Waals surface area contributed by atoms with Crippen molar-refractivity contribution in [3.63, 3.8) is 0 Å². The van der Waals surface area contributed by atoms with Gasteiger partial charge in [-0.2, -0.15) is 0 Å². The van der Waals surface area contributed by atoms with Gasteiger partial charge < -0.3 is 15.0 Å². The maximum absolute atomic E-state index is 13.2. The predicted octanol–water partition coefficient (Wildman–Crippen LogP) is 6.59. The maximum atomic E-state index is 13.2. The second-order valence-corrected chi connectivity index (χ2v) is 11.3. The molecule has 2 aliphatic rings. The molecule has 0 bridgehead atoms. The van der Waals surface area contributed by atoms with E-state index in [1.807, 2.05) is 19.2 Å². The van der Waals surface area contributed by atoms with Crippen LogP contribution in [0.3, 0.4) is 0 Å². The number of pyridine rings is 1. The molecule has 5 rings (SSSR count). The Bertz CT molecular complexity index is 1310. The molecular formula is C32H37F3N4O2. The van der Waals surface area contributed by atoms with Crippen molar-refractivity contribution in [2.75, 3.05) is 31.1 Å². The highest BCUT2D eigenvalue weighted by Crippen LogP contribution is 2.30. The summed E-state index contributed by atoms with van der Waals surface area (Å²) < 4.78 is 41.4. The lowest BCUT2D eigenvalue weighted by Gasteiger charge is -2.33. The summed E-state index contributed by atoms with van der Waals surface area (Å²) in [4.78, 5) is 22.7. The first-order valence-electron chi connectivity index (χ1n) is 14.3. The molecule has 1 amide bonds. The van der Waals surface area contributed by atoms with Gasteiger partial charge in [-0.05, 0) is 85.0 Å². The highest BCUT2D eigenvalue weighted by molar-refractivity contribution is 5.97. The van der Waals surface area contributed by atoms with Crippen molar-refractivity contribution >= 4 is 11.7 Å². The van der Waals surface area contributed by atoms with Crippen LogP contribution in [0.2, 0.25) is 0 Å². The summed E-state index contributed by atoms with van der Waals surface area (Å²) in [6.07, 6.45) is 1.43. The molecular weight excluding hydrogens is 529 g/mol. The van der Waals surface area contributed by atoms with Gasteiger partial charge in [0.1, 0.15) is 11.6 Å². The molecule has 0 radical (unpaired) electrons. The zero-order valence-corrected chi connectivity index (χ0v) is 23.6. The molecule has 41 heavy (non-hydrogen) atoms. The van der Waals surface area contributed by atoms with E-state index < -0.39 is 6.36 Å². The fourth-order valence-corrected chi connectivity index (χ4v) is 5.72. The van der Waals surface area contributed by atoms with Crippen LogP contribution in [0.4, 0.5) is 19.0 Å². The van der Waals surface area contributed by atoms with E-state index in [0.29, 0.717) is 11.1 Å². The monoisotopic (exact) mass is 566 g/mol. The largest absolute Gasteiger partial charge is 0.573 e. The van der Waals surface area contributed by atoms with Gasteiger partial charge in [-0.15, -0.1) is 13.2 Å². The second-order valence-electron chi connectivity index (χ2n) is 11.3. The molecule has 0 spiro atoms. The zero-order chi connectivity index (χ0) is 29.0. The minimum Gasteiger partial charge on any atom is -0.406 e. The number of halogens is 3. The van der Waals surface area contributed by atoms with Crippen molar-refractivity contribution in [2.45, 2.75) is 58.5 Å². The van der Waals surface area contributed by atoms with Gasteiger partial charge in [0.25, 0.3) is 5.91 Å². The van der Waals surface area contributed by atoms with E-state index in [4.69, 9.17) is 4.98 Å². The van der Waals surface area contributed by atoms with E-state index in [0.717, 1.165) is 68.4 Å². The minimum atomic E-state index is -4.74. The smallest absolute Gasteiger partial charge is 0.406 e. The summed E-state index contributed by atoms with van der Waals surface area (Å²) in [5.74, 6) is 1.45. The quantitative estimate of drug-likeness (QED) is 0.350. The average Bonchev–Trinajstić information content (AvgIpc) is 2.95. The zero-order valence-electron chi connectivity index (χ0n) is 23.6. The number of carbonyl (C=O) groups excluding carboxylic acids is 1. The summed E-state index contributed by atoms with van der Waals surface area (Å²) >= 11 is 0. The van der Waals surface area contributed by atoms with E-state index >= 15 is 0 Å². The van der Waals surface area contributed by atoms with Crippen molar-refractivity contribution in [1.29, 1.82) is 0 Å². The van der Waals surface area contributed by atoms with Gasteiger partial charge in [-0.25, -0.2) is 4.98 Å². The van der Waals surface area contributed by atoms with E-state index in [-0.39, 0.29) is 17.7 Å². The Morgan fingerprint density at radius 1 is 0.976 bits per heavy atom. The molecule has 1 N–H and O–H groups in total. The first-order valence-corrected chi connectivity index (χ1v) is 14.3. The summed E-state index contributed by atoms with van der Waals surface area (Å²) in [5, 5.41) is 3.19. The van der Waals surface area contributed by atoms with Crippen LogP contribution in [0.25, 0.3) is 11.1 Å². The Morgan fingerprint density at radius 3 is 2.32 bits per heavy atom. The van der Waals surface area contributed by atoms with Gasteiger partial charge in [-0.1, -0.05) is 37.3 Å². The van der Waals surface area contributed by atoms with E-state index in [1.165, 1.54) is 30.5 Å². The van der Waals surface area contributed by atoms with Crippen LogP contribution < -0.4 is 15.0 Å². The molecule has 3 aromatic rings. The van der Waals surface area contributed by atoms with Crippen molar-refractivity contribution in [3.8, 4) is 16.9 Å². The molecule has 1 aromatic heterocycles. The van der Waals surface area contributed by atoms with Crippen molar-refractivity contribution < 1.29 is 22.7 Å². The molecule has 0 atom stereocenters. The molecule has 0 unspecified atom stereocenters. The number of nitrogens with one attached hydrogen (secondary N) is 1. The predicted molar refractivity (Wildman–Crippen MR) is 154 cm³/mol. The van der Waals surface area contributed by atoms with Gasteiger partial charge in [0.15, 0.2) is 0 Å². The number of piperidine rings is 2. The highest BCUT2D eigenvalue weighted by Gasteiger charge is 2.31. The number of hydrogen-bond donors (Lipinski definition) is 1. The lowest BCUT2D eigenvalue weighted by atomic mass is 9.95. The van der Waals surface area contributed by atoms with Gasteiger partial charge in [-0.3, -0.25) is 9.69 Å². The topological polar surface area (TPSA) is 57.7 Å². The van der Waals surface area contributed by atoms with Crippen LogP contribution in [-0.2, 0) is 6.54 Å². The number of ether oxygens (including phenoxy) is 1. The lowest BCUT2D eigenvalue weighted by Crippen LogP contribution is -2.44. The minimum absolute atomic E-state index is 0.0857. The third kappa shape index (κ3) is 7.58. The van der Waals surface area contributed by atoms with Crippen molar-refractivity contribution in [1.82, 2.24) is 15.2 Å². The van der Waals surface area contributed by atoms with Crippen LogP contribution in [0.5, 0.6) is 5.75 Å². The summed E-state index contributed by atoms with van der Waals surface area (Å²) in [6.45, 7) is 8.95. The Balaban J connectivity index is 1.13. The highest BCUT2D eigenvalue weighted by atomic mass is 19.4. The molecule has 2 aromatic carbocycles. The van der Waals surface area contributed by atoms with E-state index in [2.05, 4.69) is 38.9 Å². The number of rotatable bonds is 7. The van der Waals surface area contributed by atoms with E-state index in [1.54, 1.807) is 24.3 Å². The summed E-state index contributed by atoms with van der Waals surface area (Å²) in [7, 11) is 0. The Morgan fingerprint density at radius 2 is 1.68 bits per heavy atom. The summed E-state index contributed by atoms with van der Waals surface area (Å²) in [5.41, 5.74) is 4.05. The Hall–Kier alpha value is -3.59. The number of anilines is 1. The standard InChI is InChI=1S/C32H37F3N4O2/c1-22-12-18-39(19-13-22)30-11-6-24(20-36-30)21-38-16-14-26(15-17-38)37-31(40)29-5-3-4-28(23(29)2)25-7-9-27(10-8-25)41-32(33,34)35/h3-11,20,22,26H,12-19,21H2,1-2H3,(H,37,40). The number of benzene rings is 2. The summed E-state index contributed by atoms with van der Waals surface area (Å²) in [6, 6.07) is 15.5. The fraction of sp³-hybridized carbons (Fsp3) is 0.438. The van der Waals surface area contributed by atoms with Crippen molar-refractivity contribution in [3.05, 3.63) is 77.5 Å². The normalized spacial score (nSPS) is 17.4. The van der Waals surface area contributed by atoms with Crippen LogP contribution in [0, 0.1) is 12.8 Å². The third-order valence-electron chi connectivity index (χ3n) is 8.22. The van der Waals surface area contributed by atoms with Gasteiger partial charge >= 0.3 is 6.36 Å². The Kier molecular flexibility index (Phi) is 8.82. The molecule has 9 heteroatoms. The number of aromatic nitrogens is 1. The number of nitrogens with zero attached hydrogens (tertiary/aromatic N) is 3. The molecule has 2 aliphatic heterocycles. The lowest BCUT2D eigenvalue weighted by molar-refractivity contribution is -0.274.